The minimum atomic E-state index is -0.865. The highest BCUT2D eigenvalue weighted by atomic mass is 16.6. The summed E-state index contributed by atoms with van der Waals surface area (Å²) in [6.07, 6.45) is -0.865. The first-order valence-electron chi connectivity index (χ1n) is 8.33. The lowest BCUT2D eigenvalue weighted by Gasteiger charge is -2.23. The highest BCUT2D eigenvalue weighted by molar-refractivity contribution is 5.95. The summed E-state index contributed by atoms with van der Waals surface area (Å²) in [6, 6.07) is 14.6. The van der Waals surface area contributed by atoms with Crippen molar-refractivity contribution in [2.24, 2.45) is 10.2 Å². The van der Waals surface area contributed by atoms with Crippen LogP contribution in [0.2, 0.25) is 0 Å². The number of hydrogen-bond acceptors (Lipinski definition) is 5. The third-order valence-corrected chi connectivity index (χ3v) is 4.27. The average Bonchev–Trinajstić information content (AvgIpc) is 2.96. The second-order valence-electron chi connectivity index (χ2n) is 5.84. The van der Waals surface area contributed by atoms with E-state index >= 15 is 0 Å². The topological polar surface area (TPSA) is 85.4 Å². The van der Waals surface area contributed by atoms with Crippen molar-refractivity contribution in [1.29, 1.82) is 0 Å². The highest BCUT2D eigenvalue weighted by Gasteiger charge is 2.27. The third-order valence-electron chi connectivity index (χ3n) is 4.27. The Morgan fingerprint density at radius 3 is 2.73 bits per heavy atom. The summed E-state index contributed by atoms with van der Waals surface area (Å²) in [4.78, 5) is 12.4. The van der Waals surface area contributed by atoms with Crippen LogP contribution in [0.5, 0.6) is 17.4 Å². The molecule has 7 heteroatoms. The first-order valence-corrected chi connectivity index (χ1v) is 8.33. The fourth-order valence-electron chi connectivity index (χ4n) is 3.00. The lowest BCUT2D eigenvalue weighted by molar-refractivity contribution is -0.127. The first kappa shape index (κ1) is 16.1. The van der Waals surface area contributed by atoms with E-state index in [0.717, 1.165) is 10.9 Å². The summed E-state index contributed by atoms with van der Waals surface area (Å²) in [5, 5.41) is 18.9. The smallest absolute Gasteiger partial charge is 0.308 e. The molecule has 3 aromatic rings. The van der Waals surface area contributed by atoms with Crippen LogP contribution in [0.4, 0.5) is 5.69 Å². The van der Waals surface area contributed by atoms with E-state index < -0.39 is 12.0 Å². The van der Waals surface area contributed by atoms with E-state index in [1.165, 1.54) is 0 Å². The third kappa shape index (κ3) is 2.67. The predicted octanol–water partition coefficient (Wildman–Crippen LogP) is 3.82. The fraction of sp³-hybridized carbons (Fsp3) is 0.211. The van der Waals surface area contributed by atoms with E-state index in [2.05, 4.69) is 10.2 Å². The minimum absolute atomic E-state index is 0.0172. The number of hydrogen-bond donors (Lipinski definition) is 1. The number of carbonyl (C=O) groups is 1. The molecule has 132 valence electrons. The Morgan fingerprint density at radius 2 is 1.92 bits per heavy atom. The van der Waals surface area contributed by atoms with Gasteiger partial charge in [0.05, 0.1) is 5.52 Å². The summed E-state index contributed by atoms with van der Waals surface area (Å²) in [5.41, 5.74) is 1.10. The number of benzene rings is 2. The number of aromatic nitrogens is 1. The number of carbonyl (C=O) groups excluding carboxylic acids is 1. The van der Waals surface area contributed by atoms with Crippen LogP contribution < -0.4 is 9.47 Å². The van der Waals surface area contributed by atoms with Gasteiger partial charge in [0.2, 0.25) is 12.0 Å². The maximum Gasteiger partial charge on any atom is 0.308 e. The normalized spacial score (nSPS) is 16.3. The molecule has 1 atom stereocenters. The molecule has 0 radical (unpaired) electrons. The van der Waals surface area contributed by atoms with Gasteiger partial charge in [-0.15, -0.1) is 10.2 Å². The Hall–Kier alpha value is -3.35. The van der Waals surface area contributed by atoms with Gasteiger partial charge < -0.3 is 19.1 Å². The van der Waals surface area contributed by atoms with Gasteiger partial charge in [-0.2, -0.15) is 0 Å². The van der Waals surface area contributed by atoms with Gasteiger partial charge in [-0.25, -0.2) is 0 Å². The van der Waals surface area contributed by atoms with E-state index in [-0.39, 0.29) is 18.2 Å². The standard InChI is InChI=1S/C19H17N3O4/c1-2-22-13-8-4-3-7-12(13)17(19(22)24)20-21-18(23)16-11-25-14-9-5-6-10-15(14)26-16/h3-10,16,24H,2,11H2,1H3/t16-/m0/s1. The summed E-state index contributed by atoms with van der Waals surface area (Å²) in [6.45, 7) is 2.56. The molecule has 0 spiro atoms. The number of aromatic hydroxyl groups is 1. The van der Waals surface area contributed by atoms with Crippen LogP contribution in [0.1, 0.15) is 6.92 Å². The molecule has 7 nitrogen and oxygen atoms in total. The summed E-state index contributed by atoms with van der Waals surface area (Å²) < 4.78 is 12.9. The van der Waals surface area contributed by atoms with E-state index in [0.29, 0.717) is 18.0 Å². The van der Waals surface area contributed by atoms with Crippen LogP contribution in [0.3, 0.4) is 0 Å². The molecule has 0 aliphatic carbocycles. The van der Waals surface area contributed by atoms with Gasteiger partial charge in [0.15, 0.2) is 17.2 Å². The van der Waals surface area contributed by atoms with Crippen molar-refractivity contribution >= 4 is 22.5 Å². The Kier molecular flexibility index (Phi) is 4.04. The molecule has 1 N–H and O–H groups in total. The number of para-hydroxylation sites is 3. The van der Waals surface area contributed by atoms with Gasteiger partial charge in [0, 0.05) is 11.9 Å². The lowest BCUT2D eigenvalue weighted by atomic mass is 10.2. The van der Waals surface area contributed by atoms with Gasteiger partial charge in [-0.3, -0.25) is 4.79 Å². The minimum Gasteiger partial charge on any atom is -0.493 e. The zero-order chi connectivity index (χ0) is 18.1. The van der Waals surface area contributed by atoms with E-state index in [1.54, 1.807) is 22.8 Å². The van der Waals surface area contributed by atoms with Gasteiger partial charge in [-0.05, 0) is 25.1 Å². The van der Waals surface area contributed by atoms with Crippen molar-refractivity contribution in [3.8, 4) is 17.4 Å². The molecule has 1 aromatic heterocycles. The Morgan fingerprint density at radius 1 is 1.19 bits per heavy atom. The van der Waals surface area contributed by atoms with Gasteiger partial charge in [0.25, 0.3) is 0 Å². The molecule has 1 aliphatic heterocycles. The Bertz CT molecular complexity index is 1010. The van der Waals surface area contributed by atoms with Crippen molar-refractivity contribution < 1.29 is 19.4 Å². The van der Waals surface area contributed by atoms with Gasteiger partial charge in [-0.1, -0.05) is 30.3 Å². The molecule has 0 bridgehead atoms. The summed E-state index contributed by atoms with van der Waals surface area (Å²) in [5.74, 6) is 0.513. The second kappa shape index (κ2) is 6.51. The molecule has 0 saturated heterocycles. The molecule has 1 amide bonds. The first-order chi connectivity index (χ1) is 12.7. The average molecular weight is 351 g/mol. The van der Waals surface area contributed by atoms with Crippen LogP contribution in [-0.2, 0) is 11.3 Å². The van der Waals surface area contributed by atoms with E-state index in [1.807, 2.05) is 37.3 Å². The zero-order valence-corrected chi connectivity index (χ0v) is 14.1. The number of amides is 1. The SMILES string of the molecule is CCn1c(O)c(N=NC(=O)[C@@H]2COc3ccccc3O2)c2ccccc21. The second-order valence-corrected chi connectivity index (χ2v) is 5.84. The van der Waals surface area contributed by atoms with Crippen molar-refractivity contribution in [1.82, 2.24) is 4.57 Å². The maximum atomic E-state index is 12.4. The van der Waals surface area contributed by atoms with Crippen molar-refractivity contribution in [2.45, 2.75) is 19.6 Å². The maximum absolute atomic E-state index is 12.4. The Balaban J connectivity index is 1.60. The monoisotopic (exact) mass is 351 g/mol. The number of rotatable bonds is 3. The Labute approximate surface area is 149 Å². The van der Waals surface area contributed by atoms with Crippen LogP contribution in [0, 0.1) is 0 Å². The van der Waals surface area contributed by atoms with Crippen LogP contribution in [0.25, 0.3) is 10.9 Å². The molecule has 26 heavy (non-hydrogen) atoms. The number of ether oxygens (including phenoxy) is 2. The predicted molar refractivity (Wildman–Crippen MR) is 95.2 cm³/mol. The molecule has 0 saturated carbocycles. The van der Waals surface area contributed by atoms with E-state index in [4.69, 9.17) is 9.47 Å². The number of fused-ring (bicyclic) bond motifs is 2. The molecular formula is C19H17N3O4. The zero-order valence-electron chi connectivity index (χ0n) is 14.1. The van der Waals surface area contributed by atoms with Crippen molar-refractivity contribution in [3.05, 3.63) is 48.5 Å². The van der Waals surface area contributed by atoms with Crippen LogP contribution in [0.15, 0.2) is 58.8 Å². The molecular weight excluding hydrogens is 334 g/mol. The summed E-state index contributed by atoms with van der Waals surface area (Å²) >= 11 is 0. The van der Waals surface area contributed by atoms with Gasteiger partial charge in [0.1, 0.15) is 6.61 Å². The largest absolute Gasteiger partial charge is 0.493 e. The highest BCUT2D eigenvalue weighted by Crippen LogP contribution is 2.38. The lowest BCUT2D eigenvalue weighted by Crippen LogP contribution is -2.35. The molecule has 2 aromatic carbocycles. The van der Waals surface area contributed by atoms with Crippen molar-refractivity contribution in [3.63, 3.8) is 0 Å². The number of nitrogens with zero attached hydrogens (tertiary/aromatic N) is 3. The molecule has 0 fully saturated rings. The summed E-state index contributed by atoms with van der Waals surface area (Å²) in [7, 11) is 0. The number of azo groups is 1. The fourth-order valence-corrected chi connectivity index (χ4v) is 3.00. The van der Waals surface area contributed by atoms with Crippen molar-refractivity contribution in [2.75, 3.05) is 6.61 Å². The number of aryl methyl sites for hydroxylation is 1. The van der Waals surface area contributed by atoms with E-state index in [9.17, 15) is 9.90 Å². The molecule has 0 unspecified atom stereocenters. The quantitative estimate of drug-likeness (QED) is 0.727. The molecule has 2 heterocycles. The van der Waals surface area contributed by atoms with Crippen LogP contribution in [-0.4, -0.2) is 28.3 Å². The molecule has 1 aliphatic rings. The van der Waals surface area contributed by atoms with Gasteiger partial charge >= 0.3 is 5.91 Å². The van der Waals surface area contributed by atoms with Crippen LogP contribution >= 0.6 is 0 Å². The molecule has 4 rings (SSSR count).